The third kappa shape index (κ3) is 4.30. The zero-order valence-corrected chi connectivity index (χ0v) is 19.2. The average molecular weight is 517 g/mol. The van der Waals surface area contributed by atoms with Gasteiger partial charge in [-0.05, 0) is 42.9 Å². The fourth-order valence-corrected chi connectivity index (χ4v) is 7.83. The Morgan fingerprint density at radius 3 is 1.88 bits per heavy atom. The maximum absolute atomic E-state index is 12.8. The van der Waals surface area contributed by atoms with E-state index >= 15 is 0 Å². The number of alkyl carbamates (subject to hydrolysis) is 1. The Hall–Kier alpha value is -1.25. The van der Waals surface area contributed by atoms with E-state index in [1.165, 1.54) is 0 Å². The number of halogens is 6. The Morgan fingerprint density at radius 2 is 1.53 bits per heavy atom. The zero-order valence-electron chi connectivity index (χ0n) is 17.6. The molecule has 0 heterocycles. The molecule has 2 aliphatic rings. The van der Waals surface area contributed by atoms with E-state index in [9.17, 15) is 48.0 Å². The van der Waals surface area contributed by atoms with Crippen LogP contribution in [-0.2, 0) is 24.4 Å². The van der Waals surface area contributed by atoms with Crippen LogP contribution in [0.5, 0.6) is 0 Å². The molecule has 2 aliphatic carbocycles. The first-order valence-corrected chi connectivity index (χ1v) is 12.5. The van der Waals surface area contributed by atoms with Crippen molar-refractivity contribution in [2.45, 2.75) is 76.5 Å². The molecule has 2 saturated carbocycles. The van der Waals surface area contributed by atoms with Gasteiger partial charge in [-0.3, -0.25) is 16.8 Å². The zero-order chi connectivity index (χ0) is 25.1. The summed E-state index contributed by atoms with van der Waals surface area (Å²) in [5.41, 5.74) is -13.0. The number of nitrogens with one attached hydrogen (secondary N) is 1. The molecule has 188 valence electrons. The van der Waals surface area contributed by atoms with Gasteiger partial charge in [0, 0.05) is 6.04 Å². The number of hydrogen-bond acceptors (Lipinski definition) is 6. The number of carbonyl (C=O) groups is 1. The molecule has 2 bridgehead atoms. The van der Waals surface area contributed by atoms with Gasteiger partial charge in [0.1, 0.15) is 19.7 Å². The first kappa shape index (κ1) is 27.0. The molecule has 4 unspecified atom stereocenters. The summed E-state index contributed by atoms with van der Waals surface area (Å²) in [5.74, 6) is 0.295. The molecule has 2 rings (SSSR count). The lowest BCUT2D eigenvalue weighted by Crippen LogP contribution is -2.48. The van der Waals surface area contributed by atoms with Crippen molar-refractivity contribution in [2.24, 2.45) is 16.7 Å². The fraction of sp³-hybridized carbons (Fsp3) is 0.882. The van der Waals surface area contributed by atoms with Crippen molar-refractivity contribution < 1.29 is 52.7 Å². The van der Waals surface area contributed by atoms with Crippen molar-refractivity contribution >= 4 is 25.8 Å². The summed E-state index contributed by atoms with van der Waals surface area (Å²) in [4.78, 5) is 12.2. The van der Waals surface area contributed by atoms with Crippen LogP contribution in [0.3, 0.4) is 0 Å². The van der Waals surface area contributed by atoms with Gasteiger partial charge in [-0.25, -0.2) is 4.79 Å². The molecule has 0 aliphatic heterocycles. The number of hydrogen-bond donors (Lipinski definition) is 1. The molecule has 0 aromatic carbocycles. The van der Waals surface area contributed by atoms with E-state index in [-0.39, 0.29) is 16.9 Å². The molecule has 0 aromatic heterocycles. The monoisotopic (exact) mass is 516 g/mol. The minimum atomic E-state index is -6.87. The topological polar surface area (TPSA) is 107 Å². The standard InChI is InChI=1S/C17H24F6NO6S2/c1-9(7-12(31(26,27)16(18,19)20)32(28,29)17(21,22)23)30-13(25)24-11-8-10-5-6-15(11,4)14(10,2)3/h9-11H,5-8H2,1-4H3,(H,24,25)/q-1. The molecule has 1 amide bonds. The molecule has 32 heavy (non-hydrogen) atoms. The smallest absolute Gasteiger partial charge is 0.449 e. The van der Waals surface area contributed by atoms with Crippen LogP contribution in [0.2, 0.25) is 0 Å². The molecule has 4 atom stereocenters. The van der Waals surface area contributed by atoms with E-state index in [0.717, 1.165) is 19.8 Å². The second-order valence-corrected chi connectivity index (χ2v) is 13.2. The molecule has 1 N–H and O–H groups in total. The van der Waals surface area contributed by atoms with Crippen LogP contribution in [0.25, 0.3) is 0 Å². The minimum Gasteiger partial charge on any atom is -0.449 e. The second kappa shape index (κ2) is 7.91. The summed E-state index contributed by atoms with van der Waals surface area (Å²) in [6.45, 7) is 6.81. The summed E-state index contributed by atoms with van der Waals surface area (Å²) < 4.78 is 125. The van der Waals surface area contributed by atoms with Crippen molar-refractivity contribution in [3.8, 4) is 0 Å². The first-order valence-electron chi connectivity index (χ1n) is 9.54. The molecule has 2 fully saturated rings. The van der Waals surface area contributed by atoms with Gasteiger partial charge < -0.3 is 10.1 Å². The lowest BCUT2D eigenvalue weighted by atomic mass is 9.69. The molecule has 7 nitrogen and oxygen atoms in total. The van der Waals surface area contributed by atoms with Gasteiger partial charge in [0.25, 0.3) is 0 Å². The minimum absolute atomic E-state index is 0.126. The molecule has 0 aromatic rings. The van der Waals surface area contributed by atoms with E-state index < -0.39 is 53.9 Å². The van der Waals surface area contributed by atoms with Crippen molar-refractivity contribution in [2.75, 3.05) is 0 Å². The maximum Gasteiger partial charge on any atom is 0.469 e. The fourth-order valence-electron chi connectivity index (χ4n) is 4.68. The van der Waals surface area contributed by atoms with Crippen molar-refractivity contribution in [3.05, 3.63) is 4.58 Å². The second-order valence-electron chi connectivity index (χ2n) is 9.00. The number of ether oxygens (including phenoxy) is 1. The molecule has 0 radical (unpaired) electrons. The predicted molar refractivity (Wildman–Crippen MR) is 99.9 cm³/mol. The van der Waals surface area contributed by atoms with Gasteiger partial charge in [0.05, 0.1) is 6.10 Å². The molecule has 0 saturated heterocycles. The highest BCUT2D eigenvalue weighted by Crippen LogP contribution is 2.65. The highest BCUT2D eigenvalue weighted by atomic mass is 32.3. The van der Waals surface area contributed by atoms with Crippen LogP contribution in [0.15, 0.2) is 0 Å². The highest BCUT2D eigenvalue weighted by molar-refractivity contribution is 8.13. The summed E-state index contributed by atoms with van der Waals surface area (Å²) in [7, 11) is -13.7. The number of rotatable bonds is 6. The van der Waals surface area contributed by atoms with Crippen molar-refractivity contribution in [1.82, 2.24) is 5.32 Å². The summed E-state index contributed by atoms with van der Waals surface area (Å²) in [6, 6.07) is -0.378. The number of amides is 1. The molecular formula is C17H24F6NO6S2-. The SMILES string of the molecule is CC(C[C-](S(=O)(=O)C(F)(F)F)S(=O)(=O)C(F)(F)F)OC(=O)NC1CC2CCC1(C)C2(C)C. The van der Waals surface area contributed by atoms with Gasteiger partial charge in [0.15, 0.2) is 0 Å². The number of carbonyl (C=O) groups excluding carboxylic acids is 1. The van der Waals surface area contributed by atoms with Crippen molar-refractivity contribution in [3.63, 3.8) is 0 Å². The molecule has 15 heteroatoms. The van der Waals surface area contributed by atoms with E-state index in [1.54, 1.807) is 0 Å². The van der Waals surface area contributed by atoms with Crippen LogP contribution in [0.4, 0.5) is 31.1 Å². The van der Waals surface area contributed by atoms with Gasteiger partial charge in [-0.1, -0.05) is 25.4 Å². The summed E-state index contributed by atoms with van der Waals surface area (Å²) in [5, 5.41) is 2.53. The Kier molecular flexibility index (Phi) is 6.68. The van der Waals surface area contributed by atoms with Crippen LogP contribution < -0.4 is 5.32 Å². The van der Waals surface area contributed by atoms with Crippen LogP contribution in [0, 0.1) is 21.3 Å². The van der Waals surface area contributed by atoms with Gasteiger partial charge >= 0.3 is 17.1 Å². The van der Waals surface area contributed by atoms with E-state index in [0.29, 0.717) is 12.3 Å². The predicted octanol–water partition coefficient (Wildman–Crippen LogP) is 4.06. The third-order valence-corrected chi connectivity index (χ3v) is 11.1. The summed E-state index contributed by atoms with van der Waals surface area (Å²) >= 11 is 0. The van der Waals surface area contributed by atoms with Crippen LogP contribution in [0.1, 0.15) is 53.4 Å². The number of sulfone groups is 2. The maximum atomic E-state index is 12.8. The largest absolute Gasteiger partial charge is 0.469 e. The van der Waals surface area contributed by atoms with E-state index in [4.69, 9.17) is 4.74 Å². The number of fused-ring (bicyclic) bond motifs is 2. The van der Waals surface area contributed by atoms with E-state index in [1.807, 2.05) is 20.8 Å². The molecule has 0 spiro atoms. The van der Waals surface area contributed by atoms with Gasteiger partial charge in [-0.15, -0.1) is 6.42 Å². The first-order chi connectivity index (χ1) is 14.1. The molecular weight excluding hydrogens is 492 g/mol. The van der Waals surface area contributed by atoms with Crippen LogP contribution >= 0.6 is 0 Å². The van der Waals surface area contributed by atoms with Gasteiger partial charge in [-0.2, -0.15) is 26.3 Å². The Labute approximate surface area is 182 Å². The lowest BCUT2D eigenvalue weighted by molar-refractivity contribution is -0.0458. The van der Waals surface area contributed by atoms with Crippen molar-refractivity contribution in [1.29, 1.82) is 0 Å². The normalized spacial score (nSPS) is 29.2. The average Bonchev–Trinajstić information content (AvgIpc) is 2.90. The Balaban J connectivity index is 2.17. The number of alkyl halides is 6. The highest BCUT2D eigenvalue weighted by Gasteiger charge is 2.61. The third-order valence-electron chi connectivity index (χ3n) is 7.06. The summed E-state index contributed by atoms with van der Waals surface area (Å²) in [6.07, 6.45) is -2.62. The quantitative estimate of drug-likeness (QED) is 0.422. The van der Waals surface area contributed by atoms with Crippen LogP contribution in [-0.4, -0.2) is 46.1 Å². The Bertz CT molecular complexity index is 915. The lowest BCUT2D eigenvalue weighted by Gasteiger charge is -2.39. The van der Waals surface area contributed by atoms with Gasteiger partial charge in [0.2, 0.25) is 0 Å². The van der Waals surface area contributed by atoms with E-state index in [2.05, 4.69) is 5.32 Å². The Morgan fingerprint density at radius 1 is 1.06 bits per heavy atom.